The molecule has 0 aliphatic carbocycles. The van der Waals surface area contributed by atoms with Crippen LogP contribution in [-0.4, -0.2) is 49.9 Å². The number of aliphatic hydroxyl groups is 1. The number of piperidine rings is 1. The predicted octanol–water partition coefficient (Wildman–Crippen LogP) is 5.26. The number of pyridine rings is 1. The second-order valence-electron chi connectivity index (χ2n) is 10.6. The lowest BCUT2D eigenvalue weighted by molar-refractivity contribution is -0.0262. The first-order valence-electron chi connectivity index (χ1n) is 13.2. The number of hydrogen-bond donors (Lipinski definition) is 1. The number of anilines is 2. The molecule has 4 aromatic rings. The molecule has 3 aromatic heterocycles. The molecule has 1 atom stereocenters. The van der Waals surface area contributed by atoms with E-state index in [0.29, 0.717) is 0 Å². The van der Waals surface area contributed by atoms with Gasteiger partial charge >= 0.3 is 0 Å². The van der Waals surface area contributed by atoms with Crippen LogP contribution in [0.1, 0.15) is 51.1 Å². The molecule has 0 radical (unpaired) electrons. The van der Waals surface area contributed by atoms with E-state index in [4.69, 9.17) is 10.1 Å². The number of fused-ring (bicyclic) bond motifs is 1. The Hall–Kier alpha value is -3.52. The largest absolute Gasteiger partial charge is 0.389 e. The lowest BCUT2D eigenvalue weighted by Crippen LogP contribution is -2.47. The molecule has 0 spiro atoms. The highest BCUT2D eigenvalue weighted by Gasteiger charge is 2.35. The Kier molecular flexibility index (Phi) is 6.07. The van der Waals surface area contributed by atoms with Gasteiger partial charge in [0.1, 0.15) is 23.1 Å². The summed E-state index contributed by atoms with van der Waals surface area (Å²) >= 11 is 0. The van der Waals surface area contributed by atoms with Gasteiger partial charge in [0.2, 0.25) is 0 Å². The summed E-state index contributed by atoms with van der Waals surface area (Å²) in [5, 5.41) is 15.8. The summed E-state index contributed by atoms with van der Waals surface area (Å²) < 4.78 is 15.8. The van der Waals surface area contributed by atoms with Crippen molar-refractivity contribution in [3.8, 4) is 11.4 Å². The molecule has 2 saturated heterocycles. The molecule has 6 rings (SSSR count). The summed E-state index contributed by atoms with van der Waals surface area (Å²) in [5.74, 6) is 1.78. The van der Waals surface area contributed by atoms with Crippen molar-refractivity contribution in [1.29, 1.82) is 0 Å². The molecule has 8 heteroatoms. The molecule has 1 aromatic carbocycles. The van der Waals surface area contributed by atoms with Crippen LogP contribution in [0.5, 0.6) is 0 Å². The molecule has 0 saturated carbocycles. The number of hydrogen-bond acceptors (Lipinski definition) is 6. The summed E-state index contributed by atoms with van der Waals surface area (Å²) in [6, 6.07) is 17.0. The molecule has 37 heavy (non-hydrogen) atoms. The van der Waals surface area contributed by atoms with Crippen molar-refractivity contribution in [2.75, 3.05) is 29.4 Å². The van der Waals surface area contributed by atoms with Crippen LogP contribution in [0.25, 0.3) is 17.0 Å². The van der Waals surface area contributed by atoms with E-state index in [-0.39, 0.29) is 17.8 Å². The summed E-state index contributed by atoms with van der Waals surface area (Å²) in [6.07, 6.45) is 5.28. The van der Waals surface area contributed by atoms with E-state index >= 15 is 0 Å². The third-order valence-electron chi connectivity index (χ3n) is 8.15. The van der Waals surface area contributed by atoms with Gasteiger partial charge in [0.25, 0.3) is 0 Å². The Morgan fingerprint density at radius 1 is 1.00 bits per heavy atom. The number of benzene rings is 1. The molecular weight excluding hydrogens is 467 g/mol. The van der Waals surface area contributed by atoms with Crippen LogP contribution < -0.4 is 9.80 Å². The Bertz CT molecular complexity index is 1410. The van der Waals surface area contributed by atoms with Gasteiger partial charge in [-0.1, -0.05) is 32.0 Å². The van der Waals surface area contributed by atoms with Crippen LogP contribution in [0.4, 0.5) is 16.0 Å². The Labute approximate surface area is 216 Å². The fourth-order valence-corrected chi connectivity index (χ4v) is 5.74. The van der Waals surface area contributed by atoms with E-state index in [1.54, 1.807) is 12.1 Å². The smallest absolute Gasteiger partial charge is 0.154 e. The van der Waals surface area contributed by atoms with Gasteiger partial charge in [0.15, 0.2) is 5.65 Å². The highest BCUT2D eigenvalue weighted by atomic mass is 19.1. The second kappa shape index (κ2) is 9.41. The lowest BCUT2D eigenvalue weighted by Gasteiger charge is -2.41. The maximum atomic E-state index is 13.9. The minimum Gasteiger partial charge on any atom is -0.389 e. The quantitative estimate of drug-likeness (QED) is 0.403. The van der Waals surface area contributed by atoms with Crippen LogP contribution in [0.2, 0.25) is 0 Å². The fraction of sp³-hybridized carbons (Fsp3) is 0.414. The van der Waals surface area contributed by atoms with Crippen LogP contribution in [-0.2, 0) is 0 Å². The van der Waals surface area contributed by atoms with Gasteiger partial charge in [-0.15, -0.1) is 5.10 Å². The fourth-order valence-electron chi connectivity index (χ4n) is 5.74. The third kappa shape index (κ3) is 4.44. The van der Waals surface area contributed by atoms with Crippen molar-refractivity contribution >= 4 is 17.3 Å². The van der Waals surface area contributed by atoms with Crippen molar-refractivity contribution in [2.45, 2.75) is 51.2 Å². The number of imidazole rings is 1. The van der Waals surface area contributed by atoms with Crippen molar-refractivity contribution < 1.29 is 9.50 Å². The standard InChI is InChI=1S/C29H33FN6O/c1-20(2)29(37)13-16-34(17-14-29)27-10-4-8-23(32-27)25-19-31-26-11-12-28(33-36(25)26)35-15-5-9-24(35)21-6-3-7-22(30)18-21/h3-4,6-8,10-12,18-20,24,37H,5,9,13-17H2,1-2H3/t24-/m1/s1. The predicted molar refractivity (Wildman–Crippen MR) is 143 cm³/mol. The van der Waals surface area contributed by atoms with Gasteiger partial charge in [0.05, 0.1) is 23.5 Å². The van der Waals surface area contributed by atoms with Gasteiger partial charge in [0, 0.05) is 19.6 Å². The van der Waals surface area contributed by atoms with Crippen molar-refractivity contribution in [2.24, 2.45) is 5.92 Å². The van der Waals surface area contributed by atoms with Crippen LogP contribution in [0.3, 0.4) is 0 Å². The molecule has 2 fully saturated rings. The topological polar surface area (TPSA) is 69.8 Å². The minimum atomic E-state index is -0.602. The van der Waals surface area contributed by atoms with E-state index in [1.165, 1.54) is 6.07 Å². The molecule has 0 amide bonds. The van der Waals surface area contributed by atoms with E-state index in [1.807, 2.05) is 47.1 Å². The Morgan fingerprint density at radius 2 is 1.81 bits per heavy atom. The SMILES string of the molecule is CC(C)C1(O)CCN(c2cccc(-c3cnc4ccc(N5CCC[C@@H]5c5cccc(F)c5)nn34)n2)CC1. The van der Waals surface area contributed by atoms with Gasteiger partial charge in [-0.25, -0.2) is 18.9 Å². The Morgan fingerprint density at radius 3 is 2.59 bits per heavy atom. The zero-order valence-electron chi connectivity index (χ0n) is 21.4. The lowest BCUT2D eigenvalue weighted by atomic mass is 9.81. The van der Waals surface area contributed by atoms with E-state index in [2.05, 4.69) is 28.6 Å². The van der Waals surface area contributed by atoms with Gasteiger partial charge in [-0.05, 0) is 73.6 Å². The number of nitrogens with zero attached hydrogens (tertiary/aromatic N) is 6. The average molecular weight is 501 g/mol. The zero-order valence-corrected chi connectivity index (χ0v) is 21.4. The maximum Gasteiger partial charge on any atom is 0.154 e. The summed E-state index contributed by atoms with van der Waals surface area (Å²) in [7, 11) is 0. The first-order chi connectivity index (χ1) is 17.9. The second-order valence-corrected chi connectivity index (χ2v) is 10.6. The van der Waals surface area contributed by atoms with Crippen molar-refractivity contribution in [3.05, 3.63) is 72.2 Å². The maximum absolute atomic E-state index is 13.9. The van der Waals surface area contributed by atoms with Gasteiger partial charge < -0.3 is 14.9 Å². The molecule has 2 aliphatic heterocycles. The number of aromatic nitrogens is 4. The van der Waals surface area contributed by atoms with Crippen molar-refractivity contribution in [3.63, 3.8) is 0 Å². The summed E-state index contributed by atoms with van der Waals surface area (Å²) in [5.41, 5.74) is 2.77. The molecule has 2 aliphatic rings. The minimum absolute atomic E-state index is 0.0951. The molecule has 0 bridgehead atoms. The van der Waals surface area contributed by atoms with Crippen LogP contribution in [0.15, 0.2) is 60.8 Å². The molecule has 1 N–H and O–H groups in total. The summed E-state index contributed by atoms with van der Waals surface area (Å²) in [4.78, 5) is 14.0. The van der Waals surface area contributed by atoms with E-state index < -0.39 is 5.60 Å². The average Bonchev–Trinajstić information content (AvgIpc) is 3.56. The van der Waals surface area contributed by atoms with Crippen molar-refractivity contribution in [1.82, 2.24) is 19.6 Å². The first kappa shape index (κ1) is 23.9. The molecule has 192 valence electrons. The van der Waals surface area contributed by atoms with E-state index in [9.17, 15) is 9.50 Å². The first-order valence-corrected chi connectivity index (χ1v) is 13.2. The molecule has 0 unspecified atom stereocenters. The van der Waals surface area contributed by atoms with Crippen LogP contribution in [0, 0.1) is 11.7 Å². The molecule has 5 heterocycles. The summed E-state index contributed by atoms with van der Waals surface area (Å²) in [6.45, 7) is 6.59. The Balaban J connectivity index is 1.29. The van der Waals surface area contributed by atoms with Gasteiger partial charge in [-0.2, -0.15) is 0 Å². The highest BCUT2D eigenvalue weighted by Crippen LogP contribution is 2.36. The van der Waals surface area contributed by atoms with Gasteiger partial charge in [-0.3, -0.25) is 0 Å². The monoisotopic (exact) mass is 500 g/mol. The third-order valence-corrected chi connectivity index (χ3v) is 8.15. The number of rotatable bonds is 5. The zero-order chi connectivity index (χ0) is 25.6. The number of halogens is 1. The molecular formula is C29H33FN6O. The molecule has 7 nitrogen and oxygen atoms in total. The normalized spacial score (nSPS) is 19.8. The van der Waals surface area contributed by atoms with E-state index in [0.717, 1.165) is 79.6 Å². The highest BCUT2D eigenvalue weighted by molar-refractivity contribution is 5.62. The van der Waals surface area contributed by atoms with Crippen LogP contribution >= 0.6 is 0 Å².